The zero-order valence-electron chi connectivity index (χ0n) is 17.4. The number of nitrogens with one attached hydrogen (secondary N) is 2. The van der Waals surface area contributed by atoms with E-state index in [4.69, 9.17) is 11.5 Å². The summed E-state index contributed by atoms with van der Waals surface area (Å²) in [6, 6.07) is 4.19. The Hall–Kier alpha value is -2.41. The van der Waals surface area contributed by atoms with E-state index in [1.807, 2.05) is 19.5 Å². The quantitative estimate of drug-likeness (QED) is 0.187. The maximum atomic E-state index is 12.4. The number of nitrogens with zero attached hydrogens (tertiary/aromatic N) is 4. The van der Waals surface area contributed by atoms with Gasteiger partial charge in [-0.2, -0.15) is 16.8 Å². The summed E-state index contributed by atoms with van der Waals surface area (Å²) in [6.45, 7) is 1.58. The van der Waals surface area contributed by atoms with Crippen LogP contribution in [0.2, 0.25) is 0 Å². The Labute approximate surface area is 193 Å². The van der Waals surface area contributed by atoms with Crippen molar-refractivity contribution in [3.63, 3.8) is 0 Å². The second-order valence-corrected chi connectivity index (χ2v) is 10.2. The van der Waals surface area contributed by atoms with Gasteiger partial charge in [0.2, 0.25) is 11.1 Å². The van der Waals surface area contributed by atoms with Gasteiger partial charge < -0.3 is 21.7 Å². The summed E-state index contributed by atoms with van der Waals surface area (Å²) in [5.41, 5.74) is 12.2. The van der Waals surface area contributed by atoms with Gasteiger partial charge in [-0.3, -0.25) is 9.78 Å². The number of thiazole rings is 1. The van der Waals surface area contributed by atoms with Crippen molar-refractivity contribution in [3.8, 4) is 0 Å². The summed E-state index contributed by atoms with van der Waals surface area (Å²) >= 11 is 4.86. The minimum Gasteiger partial charge on any atom is -0.370 e. The first-order chi connectivity index (χ1) is 14.9. The van der Waals surface area contributed by atoms with Gasteiger partial charge in [-0.05, 0) is 26.2 Å². The minimum absolute atomic E-state index is 0.00901. The largest absolute Gasteiger partial charge is 0.370 e. The number of aromatic nitrogens is 3. The van der Waals surface area contributed by atoms with Gasteiger partial charge >= 0.3 is 0 Å². The fraction of sp³-hybridized carbons (Fsp3) is 0.368. The number of rotatable bonds is 11. The third-order valence-electron chi connectivity index (χ3n) is 3.98. The molecule has 0 aliphatic rings. The number of anilines is 1. The van der Waals surface area contributed by atoms with E-state index in [9.17, 15) is 4.79 Å². The molecule has 0 aromatic carbocycles. The molecular formula is C19H26N8OS3. The monoisotopic (exact) mass is 478 g/mol. The lowest BCUT2D eigenvalue weighted by molar-refractivity contribution is 0.406. The van der Waals surface area contributed by atoms with Crippen LogP contribution in [0.3, 0.4) is 0 Å². The number of aromatic amines is 1. The number of thioether (sulfide) groups is 1. The van der Waals surface area contributed by atoms with Gasteiger partial charge in [0, 0.05) is 57.9 Å². The fourth-order valence-electron chi connectivity index (χ4n) is 2.68. The number of guanidine groups is 1. The number of hydrogen-bond donors (Lipinski definition) is 4. The van der Waals surface area contributed by atoms with E-state index in [-0.39, 0.29) is 11.5 Å². The molecule has 9 nitrogen and oxygen atoms in total. The summed E-state index contributed by atoms with van der Waals surface area (Å²) < 4.78 is 0. The van der Waals surface area contributed by atoms with E-state index in [1.165, 1.54) is 16.2 Å². The van der Waals surface area contributed by atoms with Crippen LogP contribution in [0, 0.1) is 0 Å². The van der Waals surface area contributed by atoms with Crippen LogP contribution in [0.25, 0.3) is 0 Å². The van der Waals surface area contributed by atoms with Crippen LogP contribution in [0.5, 0.6) is 0 Å². The summed E-state index contributed by atoms with van der Waals surface area (Å²) in [5.74, 6) is 2.09. The van der Waals surface area contributed by atoms with Crippen LogP contribution in [0.4, 0.5) is 11.1 Å². The van der Waals surface area contributed by atoms with E-state index in [0.717, 1.165) is 28.6 Å². The minimum atomic E-state index is -0.109. The number of nitrogens with two attached hydrogens (primary N) is 2. The Balaban J connectivity index is 1.43. The second kappa shape index (κ2) is 11.3. The summed E-state index contributed by atoms with van der Waals surface area (Å²) in [5, 5.41) is 5.66. The van der Waals surface area contributed by atoms with E-state index < -0.39 is 0 Å². The Morgan fingerprint density at radius 2 is 2.13 bits per heavy atom. The van der Waals surface area contributed by atoms with Gasteiger partial charge in [-0.1, -0.05) is 0 Å². The van der Waals surface area contributed by atoms with Crippen LogP contribution in [0.1, 0.15) is 21.0 Å². The lowest BCUT2D eigenvalue weighted by Crippen LogP contribution is -2.21. The van der Waals surface area contributed by atoms with E-state index in [2.05, 4.69) is 42.3 Å². The smallest absolute Gasteiger partial charge is 0.255 e. The third kappa shape index (κ3) is 7.65. The summed E-state index contributed by atoms with van der Waals surface area (Å²) in [6.07, 6.45) is 2.24. The molecule has 0 spiro atoms. The topological polar surface area (TPSA) is 138 Å². The molecular weight excluding hydrogens is 452 g/mol. The first-order valence-corrected chi connectivity index (χ1v) is 12.4. The van der Waals surface area contributed by atoms with Crippen molar-refractivity contribution in [1.82, 2.24) is 19.9 Å². The van der Waals surface area contributed by atoms with Crippen molar-refractivity contribution >= 4 is 51.5 Å². The van der Waals surface area contributed by atoms with Gasteiger partial charge in [0.1, 0.15) is 0 Å². The Morgan fingerprint density at radius 1 is 1.32 bits per heavy atom. The van der Waals surface area contributed by atoms with Crippen LogP contribution < -0.4 is 22.3 Å². The highest BCUT2D eigenvalue weighted by Crippen LogP contribution is 2.22. The van der Waals surface area contributed by atoms with Gasteiger partial charge in [-0.15, -0.1) is 22.7 Å². The molecule has 0 fully saturated rings. The van der Waals surface area contributed by atoms with Crippen LogP contribution in [-0.2, 0) is 18.7 Å². The highest BCUT2D eigenvalue weighted by molar-refractivity contribution is 7.98. The van der Waals surface area contributed by atoms with Crippen LogP contribution >= 0.6 is 34.4 Å². The number of thiophene rings is 1. The highest BCUT2D eigenvalue weighted by Gasteiger charge is 2.07. The molecule has 0 bridgehead atoms. The number of aliphatic imine (C=N–C) groups is 1. The Kier molecular flexibility index (Phi) is 8.46. The predicted molar refractivity (Wildman–Crippen MR) is 132 cm³/mol. The SMILES string of the molecule is CN(C)Cc1ccc(Cc2cnc(NCCSCc3csc(N=C(N)N)n3)[nH]c2=O)s1. The van der Waals surface area contributed by atoms with Crippen molar-refractivity contribution in [2.45, 2.75) is 18.7 Å². The molecule has 0 saturated heterocycles. The lowest BCUT2D eigenvalue weighted by Gasteiger charge is -2.06. The van der Waals surface area contributed by atoms with E-state index in [1.54, 1.807) is 29.3 Å². The fourth-order valence-corrected chi connectivity index (χ4v) is 5.40. The van der Waals surface area contributed by atoms with Gasteiger partial charge in [0.05, 0.1) is 5.69 Å². The van der Waals surface area contributed by atoms with Gasteiger partial charge in [0.15, 0.2) is 5.96 Å². The van der Waals surface area contributed by atoms with Crippen molar-refractivity contribution in [2.75, 3.05) is 31.7 Å². The zero-order chi connectivity index (χ0) is 22.2. The summed E-state index contributed by atoms with van der Waals surface area (Å²) in [4.78, 5) is 32.4. The van der Waals surface area contributed by atoms with Crippen LogP contribution in [0.15, 0.2) is 33.5 Å². The summed E-state index contributed by atoms with van der Waals surface area (Å²) in [7, 11) is 4.09. The second-order valence-electron chi connectivity index (χ2n) is 7.01. The molecule has 3 heterocycles. The molecule has 0 radical (unpaired) electrons. The van der Waals surface area contributed by atoms with E-state index in [0.29, 0.717) is 29.6 Å². The maximum Gasteiger partial charge on any atom is 0.255 e. The average Bonchev–Trinajstić information content (AvgIpc) is 3.32. The molecule has 0 atom stereocenters. The molecule has 0 amide bonds. The Bertz CT molecular complexity index is 1070. The first-order valence-electron chi connectivity index (χ1n) is 9.55. The number of H-pyrrole nitrogens is 1. The molecule has 0 aliphatic heterocycles. The zero-order valence-corrected chi connectivity index (χ0v) is 19.9. The predicted octanol–water partition coefficient (Wildman–Crippen LogP) is 2.19. The molecule has 12 heteroatoms. The number of hydrogen-bond acceptors (Lipinski definition) is 9. The van der Waals surface area contributed by atoms with Gasteiger partial charge in [0.25, 0.3) is 5.56 Å². The third-order valence-corrected chi connectivity index (χ3v) is 6.83. The van der Waals surface area contributed by atoms with Crippen molar-refractivity contribution in [3.05, 3.63) is 55.1 Å². The Morgan fingerprint density at radius 3 is 2.87 bits per heavy atom. The molecule has 3 rings (SSSR count). The lowest BCUT2D eigenvalue weighted by atomic mass is 10.2. The maximum absolute atomic E-state index is 12.4. The normalized spacial score (nSPS) is 11.1. The highest BCUT2D eigenvalue weighted by atomic mass is 32.2. The standard InChI is InChI=1S/C19H26N8OS3/c1-27(2)9-15-4-3-14(31-15)7-12-8-23-18(25-16(12)28)22-5-6-29-10-13-11-30-19(24-13)26-17(20)21/h3-4,8,11H,5-7,9-10H2,1-2H3,(H4,20,21,24,26)(H2,22,23,25,28). The van der Waals surface area contributed by atoms with E-state index >= 15 is 0 Å². The molecule has 0 aliphatic carbocycles. The van der Waals surface area contributed by atoms with Crippen molar-refractivity contribution < 1.29 is 0 Å². The average molecular weight is 479 g/mol. The molecule has 0 unspecified atom stereocenters. The molecule has 166 valence electrons. The van der Waals surface area contributed by atoms with Crippen LogP contribution in [-0.4, -0.2) is 52.2 Å². The van der Waals surface area contributed by atoms with Gasteiger partial charge in [-0.25, -0.2) is 9.97 Å². The molecule has 3 aromatic rings. The molecule has 3 aromatic heterocycles. The molecule has 31 heavy (non-hydrogen) atoms. The molecule has 0 saturated carbocycles. The first kappa shape index (κ1) is 23.3. The molecule has 6 N–H and O–H groups in total. The van der Waals surface area contributed by atoms with Crippen molar-refractivity contribution in [1.29, 1.82) is 0 Å². The van der Waals surface area contributed by atoms with Crippen molar-refractivity contribution in [2.24, 2.45) is 16.5 Å².